The summed E-state index contributed by atoms with van der Waals surface area (Å²) in [4.78, 5) is 25.1. The van der Waals surface area contributed by atoms with E-state index in [1.54, 1.807) is 29.4 Å². The zero-order valence-corrected chi connectivity index (χ0v) is 15.0. The summed E-state index contributed by atoms with van der Waals surface area (Å²) in [6.07, 6.45) is -4.57. The topological polar surface area (TPSA) is 61.4 Å². The average Bonchev–Trinajstić information content (AvgIpc) is 2.62. The van der Waals surface area contributed by atoms with Crippen LogP contribution >= 0.6 is 0 Å². The van der Waals surface area contributed by atoms with E-state index in [4.69, 9.17) is 0 Å². The fraction of sp³-hybridized carbons (Fsp3) is 0.263. The fourth-order valence-corrected chi connectivity index (χ4v) is 2.69. The molecule has 0 radical (unpaired) electrons. The third kappa shape index (κ3) is 6.66. The van der Waals surface area contributed by atoms with Crippen LogP contribution in [0.5, 0.6) is 0 Å². The quantitative estimate of drug-likeness (QED) is 0.736. The SMILES string of the molecule is CN(CC(=O)NC(=O)NCC(F)(F)F)C(c1ccccc1)c1ccc(F)cc1. The van der Waals surface area contributed by atoms with Crippen molar-refractivity contribution in [2.75, 3.05) is 20.1 Å². The van der Waals surface area contributed by atoms with Crippen molar-refractivity contribution in [1.29, 1.82) is 0 Å². The van der Waals surface area contributed by atoms with Gasteiger partial charge < -0.3 is 5.32 Å². The minimum atomic E-state index is -4.57. The number of hydrogen-bond acceptors (Lipinski definition) is 3. The molecule has 0 saturated heterocycles. The Kier molecular flexibility index (Phi) is 7.11. The Morgan fingerprint density at radius 2 is 1.57 bits per heavy atom. The molecule has 2 aromatic rings. The number of rotatable bonds is 6. The molecule has 0 aliphatic rings. The van der Waals surface area contributed by atoms with Crippen molar-refractivity contribution in [2.45, 2.75) is 12.2 Å². The lowest BCUT2D eigenvalue weighted by Crippen LogP contribution is -2.46. The number of halogens is 4. The van der Waals surface area contributed by atoms with Crippen LogP contribution in [0.3, 0.4) is 0 Å². The van der Waals surface area contributed by atoms with E-state index in [1.165, 1.54) is 12.1 Å². The number of amides is 3. The summed E-state index contributed by atoms with van der Waals surface area (Å²) < 4.78 is 49.6. The van der Waals surface area contributed by atoms with E-state index in [2.05, 4.69) is 0 Å². The second-order valence-corrected chi connectivity index (χ2v) is 6.13. The van der Waals surface area contributed by atoms with Crippen LogP contribution in [-0.4, -0.2) is 43.2 Å². The second kappa shape index (κ2) is 9.32. The molecule has 28 heavy (non-hydrogen) atoms. The zero-order valence-electron chi connectivity index (χ0n) is 15.0. The van der Waals surface area contributed by atoms with Gasteiger partial charge in [0.05, 0.1) is 12.6 Å². The molecule has 9 heteroatoms. The average molecular weight is 397 g/mol. The molecule has 2 aromatic carbocycles. The number of alkyl halides is 3. The number of imide groups is 1. The van der Waals surface area contributed by atoms with Crippen LogP contribution in [0, 0.1) is 5.82 Å². The van der Waals surface area contributed by atoms with Crippen LogP contribution in [0.25, 0.3) is 0 Å². The lowest BCUT2D eigenvalue weighted by molar-refractivity contribution is -0.125. The normalized spacial score (nSPS) is 12.5. The van der Waals surface area contributed by atoms with Gasteiger partial charge in [-0.1, -0.05) is 42.5 Å². The van der Waals surface area contributed by atoms with Crippen molar-refractivity contribution < 1.29 is 27.2 Å². The molecule has 0 aliphatic carbocycles. The maximum atomic E-state index is 13.3. The number of hydrogen-bond donors (Lipinski definition) is 2. The van der Waals surface area contributed by atoms with E-state index in [0.29, 0.717) is 5.56 Å². The van der Waals surface area contributed by atoms with Gasteiger partial charge >= 0.3 is 12.2 Å². The molecule has 0 heterocycles. The Morgan fingerprint density at radius 1 is 1.00 bits per heavy atom. The third-order valence-electron chi connectivity index (χ3n) is 3.84. The van der Waals surface area contributed by atoms with E-state index >= 15 is 0 Å². The molecular formula is C19H19F4N3O2. The number of benzene rings is 2. The van der Waals surface area contributed by atoms with Gasteiger partial charge in [0.2, 0.25) is 5.91 Å². The van der Waals surface area contributed by atoms with Crippen molar-refractivity contribution in [1.82, 2.24) is 15.5 Å². The molecule has 0 aromatic heterocycles. The predicted octanol–water partition coefficient (Wildman–Crippen LogP) is 3.24. The number of nitrogens with one attached hydrogen (secondary N) is 2. The predicted molar refractivity (Wildman–Crippen MR) is 94.9 cm³/mol. The van der Waals surface area contributed by atoms with Gasteiger partial charge in [0.1, 0.15) is 12.4 Å². The highest BCUT2D eigenvalue weighted by atomic mass is 19.4. The summed E-state index contributed by atoms with van der Waals surface area (Å²) >= 11 is 0. The first-order valence-corrected chi connectivity index (χ1v) is 8.31. The number of nitrogens with zero attached hydrogens (tertiary/aromatic N) is 1. The third-order valence-corrected chi connectivity index (χ3v) is 3.84. The molecule has 0 spiro atoms. The first kappa shape index (κ1) is 21.4. The Bertz CT molecular complexity index is 795. The van der Waals surface area contributed by atoms with Gasteiger partial charge in [-0.15, -0.1) is 0 Å². The first-order chi connectivity index (χ1) is 13.2. The van der Waals surface area contributed by atoms with E-state index in [1.807, 2.05) is 35.6 Å². The number of urea groups is 1. The van der Waals surface area contributed by atoms with Gasteiger partial charge in [-0.25, -0.2) is 9.18 Å². The lowest BCUT2D eigenvalue weighted by atomic mass is 9.97. The van der Waals surface area contributed by atoms with Crippen molar-refractivity contribution in [3.8, 4) is 0 Å². The number of carbonyl (C=O) groups is 2. The molecule has 0 fully saturated rings. The Balaban J connectivity index is 2.08. The largest absolute Gasteiger partial charge is 0.405 e. The molecule has 5 nitrogen and oxygen atoms in total. The van der Waals surface area contributed by atoms with Crippen LogP contribution in [0.15, 0.2) is 54.6 Å². The lowest BCUT2D eigenvalue weighted by Gasteiger charge is -2.28. The van der Waals surface area contributed by atoms with Crippen LogP contribution < -0.4 is 10.6 Å². The summed E-state index contributed by atoms with van der Waals surface area (Å²) in [6, 6.07) is 13.2. The van der Waals surface area contributed by atoms with Gasteiger partial charge in [-0.2, -0.15) is 13.2 Å². The fourth-order valence-electron chi connectivity index (χ4n) is 2.69. The van der Waals surface area contributed by atoms with Gasteiger partial charge in [0.15, 0.2) is 0 Å². The molecule has 150 valence electrons. The van der Waals surface area contributed by atoms with Crippen LogP contribution in [0.1, 0.15) is 17.2 Å². The molecule has 2 rings (SSSR count). The summed E-state index contributed by atoms with van der Waals surface area (Å²) in [6.45, 7) is -1.81. The monoisotopic (exact) mass is 397 g/mol. The first-order valence-electron chi connectivity index (χ1n) is 8.31. The summed E-state index contributed by atoms with van der Waals surface area (Å²) in [5.74, 6) is -1.18. The van der Waals surface area contributed by atoms with Crippen molar-refractivity contribution in [2.24, 2.45) is 0 Å². The molecule has 2 N–H and O–H groups in total. The van der Waals surface area contributed by atoms with Crippen LogP contribution in [0.4, 0.5) is 22.4 Å². The maximum absolute atomic E-state index is 13.3. The van der Waals surface area contributed by atoms with Gasteiger partial charge in [0.25, 0.3) is 0 Å². The highest BCUT2D eigenvalue weighted by molar-refractivity contribution is 5.95. The van der Waals surface area contributed by atoms with Crippen LogP contribution in [0.2, 0.25) is 0 Å². The maximum Gasteiger partial charge on any atom is 0.405 e. The van der Waals surface area contributed by atoms with Crippen molar-refractivity contribution in [3.63, 3.8) is 0 Å². The molecular weight excluding hydrogens is 378 g/mol. The summed E-state index contributed by atoms with van der Waals surface area (Å²) in [7, 11) is 1.62. The van der Waals surface area contributed by atoms with Crippen molar-refractivity contribution >= 4 is 11.9 Å². The second-order valence-electron chi connectivity index (χ2n) is 6.13. The van der Waals surface area contributed by atoms with E-state index in [9.17, 15) is 27.2 Å². The smallest absolute Gasteiger partial charge is 0.329 e. The molecule has 0 aliphatic heterocycles. The van der Waals surface area contributed by atoms with Gasteiger partial charge in [0, 0.05) is 0 Å². The molecule has 3 amide bonds. The Hall–Kier alpha value is -2.94. The van der Waals surface area contributed by atoms with Crippen molar-refractivity contribution in [3.05, 3.63) is 71.5 Å². The van der Waals surface area contributed by atoms with Gasteiger partial charge in [-0.3, -0.25) is 15.0 Å². The number of carbonyl (C=O) groups excluding carboxylic acids is 2. The van der Waals surface area contributed by atoms with Gasteiger partial charge in [-0.05, 0) is 30.3 Å². The minimum absolute atomic E-state index is 0.267. The summed E-state index contributed by atoms with van der Waals surface area (Å²) in [5.41, 5.74) is 1.54. The van der Waals surface area contributed by atoms with E-state index < -0.39 is 36.5 Å². The Labute approximate surface area is 159 Å². The highest BCUT2D eigenvalue weighted by Crippen LogP contribution is 2.27. The van der Waals surface area contributed by atoms with E-state index in [0.717, 1.165) is 5.56 Å². The highest BCUT2D eigenvalue weighted by Gasteiger charge is 2.28. The summed E-state index contributed by atoms with van der Waals surface area (Å²) in [5, 5.41) is 3.43. The Morgan fingerprint density at radius 3 is 2.14 bits per heavy atom. The molecule has 0 saturated carbocycles. The number of likely N-dealkylation sites (N-methyl/N-ethyl adjacent to an activating group) is 1. The minimum Gasteiger partial charge on any atom is -0.329 e. The molecule has 1 unspecified atom stereocenters. The zero-order chi connectivity index (χ0) is 20.7. The molecule has 0 bridgehead atoms. The standard InChI is InChI=1S/C19H19F4N3O2/c1-26(11-16(27)25-18(28)24-12-19(21,22)23)17(13-5-3-2-4-6-13)14-7-9-15(20)10-8-14/h2-10,17H,11-12H2,1H3,(H2,24,25,27,28). The van der Waals surface area contributed by atoms with E-state index in [-0.39, 0.29) is 6.54 Å². The van der Waals surface area contributed by atoms with Crippen LogP contribution in [-0.2, 0) is 4.79 Å². The molecule has 1 atom stereocenters.